The van der Waals surface area contributed by atoms with Crippen LogP contribution in [0.5, 0.6) is 11.5 Å². The highest BCUT2D eigenvalue weighted by Crippen LogP contribution is 2.26. The lowest BCUT2D eigenvalue weighted by Crippen LogP contribution is -2.17. The van der Waals surface area contributed by atoms with Gasteiger partial charge < -0.3 is 9.47 Å². The molecule has 1 amide bonds. The van der Waals surface area contributed by atoms with E-state index in [9.17, 15) is 22.4 Å². The quantitative estimate of drug-likeness (QED) is 0.468. The number of ether oxygens (including phenoxy) is 2. The molecular weight excluding hydrogens is 344 g/mol. The zero-order chi connectivity index (χ0) is 18.2. The van der Waals surface area contributed by atoms with Crippen LogP contribution in [-0.4, -0.2) is 25.3 Å². The van der Waals surface area contributed by atoms with Gasteiger partial charge in [0.2, 0.25) is 0 Å². The lowest BCUT2D eigenvalue weighted by atomic mass is 10.2. The van der Waals surface area contributed by atoms with Crippen molar-refractivity contribution >= 4 is 12.1 Å². The van der Waals surface area contributed by atoms with E-state index < -0.39 is 24.9 Å². The summed E-state index contributed by atoms with van der Waals surface area (Å²) in [4.78, 5) is 11.8. The second-order valence-corrected chi connectivity index (χ2v) is 4.52. The molecule has 132 valence electrons. The van der Waals surface area contributed by atoms with Crippen LogP contribution >= 0.6 is 0 Å². The van der Waals surface area contributed by atoms with Gasteiger partial charge in [-0.15, -0.1) is 0 Å². The van der Waals surface area contributed by atoms with E-state index in [1.54, 1.807) is 30.3 Å². The van der Waals surface area contributed by atoms with E-state index in [2.05, 4.69) is 20.0 Å². The summed E-state index contributed by atoms with van der Waals surface area (Å²) in [5.74, 6) is -1.28. The molecule has 0 aliphatic carbocycles. The largest absolute Gasteiger partial charge is 0.435 e. The normalized spacial score (nSPS) is 11.1. The number of benzene rings is 2. The summed E-state index contributed by atoms with van der Waals surface area (Å²) < 4.78 is 57.6. The predicted molar refractivity (Wildman–Crippen MR) is 81.2 cm³/mol. The van der Waals surface area contributed by atoms with Gasteiger partial charge in [-0.05, 0) is 24.3 Å². The number of alkyl halides is 4. The number of rotatable bonds is 7. The third-order valence-corrected chi connectivity index (χ3v) is 2.83. The Hall–Kier alpha value is -3.10. The molecule has 0 saturated carbocycles. The Labute approximate surface area is 139 Å². The topological polar surface area (TPSA) is 59.9 Å². The minimum atomic E-state index is -3.17. The van der Waals surface area contributed by atoms with Crippen molar-refractivity contribution in [2.45, 2.75) is 13.2 Å². The molecule has 0 fully saturated rings. The fraction of sp³-hybridized carbons (Fsp3) is 0.125. The number of nitrogens with zero attached hydrogens (tertiary/aromatic N) is 1. The zero-order valence-corrected chi connectivity index (χ0v) is 12.5. The minimum absolute atomic E-state index is 0.0373. The number of carbonyl (C=O) groups is 1. The van der Waals surface area contributed by atoms with Gasteiger partial charge >= 0.3 is 13.2 Å². The summed E-state index contributed by atoms with van der Waals surface area (Å²) in [6, 6.07) is 11.4. The van der Waals surface area contributed by atoms with Gasteiger partial charge in [-0.2, -0.15) is 22.7 Å². The fourth-order valence-corrected chi connectivity index (χ4v) is 1.81. The van der Waals surface area contributed by atoms with Crippen LogP contribution in [0.1, 0.15) is 15.9 Å². The van der Waals surface area contributed by atoms with Crippen LogP contribution in [0.3, 0.4) is 0 Å². The molecule has 2 aromatic rings. The van der Waals surface area contributed by atoms with Crippen LogP contribution in [0.4, 0.5) is 17.6 Å². The predicted octanol–water partition coefficient (Wildman–Crippen LogP) is 3.65. The smallest absolute Gasteiger partial charge is 0.387 e. The van der Waals surface area contributed by atoms with Crippen LogP contribution in [0, 0.1) is 0 Å². The van der Waals surface area contributed by atoms with Gasteiger partial charge in [-0.25, -0.2) is 5.43 Å². The number of hydrogen-bond donors (Lipinski definition) is 1. The number of nitrogens with one attached hydrogen (secondary N) is 1. The highest BCUT2D eigenvalue weighted by atomic mass is 19.3. The Morgan fingerprint density at radius 2 is 1.68 bits per heavy atom. The third kappa shape index (κ3) is 5.79. The molecule has 0 heterocycles. The van der Waals surface area contributed by atoms with E-state index in [4.69, 9.17) is 0 Å². The first kappa shape index (κ1) is 18.2. The molecular formula is C16H12F4N2O3. The highest BCUT2D eigenvalue weighted by Gasteiger charge is 2.12. The van der Waals surface area contributed by atoms with Crippen molar-refractivity contribution in [1.82, 2.24) is 5.43 Å². The van der Waals surface area contributed by atoms with Crippen LogP contribution < -0.4 is 14.9 Å². The van der Waals surface area contributed by atoms with Gasteiger partial charge in [0.15, 0.2) is 0 Å². The number of carbonyl (C=O) groups excluding carboxylic acids is 1. The number of hydrazone groups is 1. The van der Waals surface area contributed by atoms with Gasteiger partial charge in [0.1, 0.15) is 11.5 Å². The van der Waals surface area contributed by atoms with Gasteiger partial charge in [-0.3, -0.25) is 4.79 Å². The van der Waals surface area contributed by atoms with E-state index in [-0.39, 0.29) is 11.3 Å². The maximum atomic E-state index is 12.4. The summed E-state index contributed by atoms with van der Waals surface area (Å²) in [6.07, 6.45) is 1.05. The zero-order valence-electron chi connectivity index (χ0n) is 12.5. The van der Waals surface area contributed by atoms with Crippen molar-refractivity contribution in [3.63, 3.8) is 0 Å². The Kier molecular flexibility index (Phi) is 6.33. The lowest BCUT2D eigenvalue weighted by Gasteiger charge is -2.10. The molecule has 0 saturated heterocycles. The monoisotopic (exact) mass is 356 g/mol. The highest BCUT2D eigenvalue weighted by molar-refractivity contribution is 5.95. The summed E-state index contributed by atoms with van der Waals surface area (Å²) >= 11 is 0. The van der Waals surface area contributed by atoms with E-state index >= 15 is 0 Å². The Morgan fingerprint density at radius 3 is 2.32 bits per heavy atom. The van der Waals surface area contributed by atoms with E-state index in [1.807, 2.05) is 0 Å². The summed E-state index contributed by atoms with van der Waals surface area (Å²) in [5, 5.41) is 3.64. The van der Waals surface area contributed by atoms with Crippen LogP contribution in [0.25, 0.3) is 0 Å². The van der Waals surface area contributed by atoms with Gasteiger partial charge in [0, 0.05) is 17.2 Å². The van der Waals surface area contributed by atoms with Crippen LogP contribution in [-0.2, 0) is 0 Å². The molecule has 2 aromatic carbocycles. The average molecular weight is 356 g/mol. The van der Waals surface area contributed by atoms with E-state index in [0.29, 0.717) is 5.56 Å². The lowest BCUT2D eigenvalue weighted by molar-refractivity contribution is -0.0543. The molecule has 0 radical (unpaired) electrons. The molecule has 0 unspecified atom stereocenters. The average Bonchev–Trinajstić information content (AvgIpc) is 2.56. The molecule has 5 nitrogen and oxygen atoms in total. The van der Waals surface area contributed by atoms with Gasteiger partial charge in [0.05, 0.1) is 6.21 Å². The molecule has 0 aliphatic rings. The van der Waals surface area contributed by atoms with E-state index in [0.717, 1.165) is 18.3 Å². The molecule has 9 heteroatoms. The number of halogens is 4. The Bertz CT molecular complexity index is 739. The van der Waals surface area contributed by atoms with E-state index in [1.165, 1.54) is 6.07 Å². The molecule has 0 aromatic heterocycles. The molecule has 0 atom stereocenters. The summed E-state index contributed by atoms with van der Waals surface area (Å²) in [5.41, 5.74) is 2.60. The van der Waals surface area contributed by atoms with Crippen LogP contribution in [0.2, 0.25) is 0 Å². The van der Waals surface area contributed by atoms with Crippen molar-refractivity contribution in [3.8, 4) is 11.5 Å². The number of hydrogen-bond acceptors (Lipinski definition) is 4. The summed E-state index contributed by atoms with van der Waals surface area (Å²) in [6.45, 7) is -6.28. The third-order valence-electron chi connectivity index (χ3n) is 2.83. The van der Waals surface area contributed by atoms with Crippen molar-refractivity contribution in [3.05, 3.63) is 59.7 Å². The molecule has 0 aliphatic heterocycles. The van der Waals surface area contributed by atoms with Gasteiger partial charge in [0.25, 0.3) is 5.91 Å². The molecule has 0 bridgehead atoms. The first-order valence-electron chi connectivity index (χ1n) is 6.88. The maximum Gasteiger partial charge on any atom is 0.387 e. The second kappa shape index (κ2) is 8.67. The first-order valence-corrected chi connectivity index (χ1v) is 6.88. The minimum Gasteiger partial charge on any atom is -0.435 e. The SMILES string of the molecule is O=C(N/N=C\c1ccc(OC(F)F)cc1OC(F)F)c1ccccc1. The Morgan fingerprint density at radius 1 is 1.00 bits per heavy atom. The summed E-state index contributed by atoms with van der Waals surface area (Å²) in [7, 11) is 0. The van der Waals surface area contributed by atoms with Crippen molar-refractivity contribution in [2.75, 3.05) is 0 Å². The Balaban J connectivity index is 2.12. The number of amides is 1. The molecule has 0 spiro atoms. The molecule has 25 heavy (non-hydrogen) atoms. The fourth-order valence-electron chi connectivity index (χ4n) is 1.81. The van der Waals surface area contributed by atoms with Crippen molar-refractivity contribution in [2.24, 2.45) is 5.10 Å². The molecule has 1 N–H and O–H groups in total. The standard InChI is InChI=1S/C16H12F4N2O3/c17-15(18)24-12-7-6-11(13(8-12)25-16(19)20)9-21-22-14(23)10-4-2-1-3-5-10/h1-9,15-16H,(H,22,23)/b21-9-. The first-order chi connectivity index (χ1) is 12.0. The second-order valence-electron chi connectivity index (χ2n) is 4.52. The van der Waals surface area contributed by atoms with Gasteiger partial charge in [-0.1, -0.05) is 18.2 Å². The van der Waals surface area contributed by atoms with Crippen LogP contribution in [0.15, 0.2) is 53.6 Å². The maximum absolute atomic E-state index is 12.4. The van der Waals surface area contributed by atoms with Crippen molar-refractivity contribution in [1.29, 1.82) is 0 Å². The molecule has 2 rings (SSSR count). The van der Waals surface area contributed by atoms with Crippen molar-refractivity contribution < 1.29 is 31.8 Å².